The first kappa shape index (κ1) is 16.5. The second kappa shape index (κ2) is 7.93. The molecule has 1 heterocycles. The summed E-state index contributed by atoms with van der Waals surface area (Å²) in [5.41, 5.74) is 0.849. The highest BCUT2D eigenvalue weighted by Gasteiger charge is 2.09. The molecule has 2 aromatic rings. The number of nitrogens with one attached hydrogen (secondary N) is 2. The Bertz CT molecular complexity index is 667. The number of halogens is 2. The molecule has 0 aliphatic heterocycles. The van der Waals surface area contributed by atoms with Crippen LogP contribution in [0.25, 0.3) is 0 Å². The second-order valence-electron chi connectivity index (χ2n) is 4.26. The van der Waals surface area contributed by atoms with Crippen molar-refractivity contribution >= 4 is 40.7 Å². The summed E-state index contributed by atoms with van der Waals surface area (Å²) in [5.74, 6) is -0.0340. The summed E-state index contributed by atoms with van der Waals surface area (Å²) in [6.07, 6.45) is 1.49. The largest absolute Gasteiger partial charge is 0.383 e. The Balaban J connectivity index is 2.09. The maximum atomic E-state index is 11.9. The van der Waals surface area contributed by atoms with Crippen LogP contribution in [-0.4, -0.2) is 36.1 Å². The second-order valence-corrected chi connectivity index (χ2v) is 5.11. The molecule has 6 nitrogen and oxygen atoms in total. The Morgan fingerprint density at radius 1 is 1.32 bits per heavy atom. The van der Waals surface area contributed by atoms with Crippen molar-refractivity contribution in [1.82, 2.24) is 15.3 Å². The highest BCUT2D eigenvalue weighted by atomic mass is 35.5. The van der Waals surface area contributed by atoms with Crippen LogP contribution in [0, 0.1) is 0 Å². The summed E-state index contributed by atoms with van der Waals surface area (Å²) in [4.78, 5) is 20.1. The van der Waals surface area contributed by atoms with Crippen LogP contribution in [0.5, 0.6) is 0 Å². The van der Waals surface area contributed by atoms with Crippen LogP contribution in [0.3, 0.4) is 0 Å². The van der Waals surface area contributed by atoms with Crippen molar-refractivity contribution in [1.29, 1.82) is 0 Å². The van der Waals surface area contributed by atoms with E-state index in [0.29, 0.717) is 28.9 Å². The fourth-order valence-electron chi connectivity index (χ4n) is 1.61. The Labute approximate surface area is 137 Å². The minimum atomic E-state index is -0.301. The number of rotatable bonds is 6. The predicted molar refractivity (Wildman–Crippen MR) is 86.0 cm³/mol. The van der Waals surface area contributed by atoms with Gasteiger partial charge >= 0.3 is 0 Å². The van der Waals surface area contributed by atoms with Gasteiger partial charge in [0.2, 0.25) is 5.95 Å². The number of hydrogen-bond donors (Lipinski definition) is 2. The molecule has 0 saturated heterocycles. The van der Waals surface area contributed by atoms with Crippen molar-refractivity contribution in [3.63, 3.8) is 0 Å². The molecule has 0 saturated carbocycles. The topological polar surface area (TPSA) is 76.1 Å². The van der Waals surface area contributed by atoms with Crippen LogP contribution in [0.1, 0.15) is 10.5 Å². The summed E-state index contributed by atoms with van der Waals surface area (Å²) < 4.78 is 4.87. The Kier molecular flexibility index (Phi) is 5.94. The molecule has 116 valence electrons. The average Bonchev–Trinajstić information content (AvgIpc) is 2.50. The van der Waals surface area contributed by atoms with Gasteiger partial charge in [0.25, 0.3) is 5.91 Å². The molecule has 2 N–H and O–H groups in total. The van der Waals surface area contributed by atoms with E-state index >= 15 is 0 Å². The maximum Gasteiger partial charge on any atom is 0.270 e. The molecule has 2 rings (SSSR count). The zero-order chi connectivity index (χ0) is 15.9. The number of carbonyl (C=O) groups is 1. The maximum absolute atomic E-state index is 11.9. The van der Waals surface area contributed by atoms with E-state index in [1.54, 1.807) is 25.3 Å². The number of nitrogens with zero attached hydrogens (tertiary/aromatic N) is 2. The number of hydrogen-bond acceptors (Lipinski definition) is 5. The molecular formula is C14H14Cl2N4O2. The molecule has 22 heavy (non-hydrogen) atoms. The number of methoxy groups -OCH3 is 1. The smallest absolute Gasteiger partial charge is 0.270 e. The Hall–Kier alpha value is -1.89. The lowest BCUT2D eigenvalue weighted by Crippen LogP contribution is -2.27. The Morgan fingerprint density at radius 3 is 2.86 bits per heavy atom. The molecule has 1 aromatic carbocycles. The summed E-state index contributed by atoms with van der Waals surface area (Å²) >= 11 is 11.9. The lowest BCUT2D eigenvalue weighted by atomic mass is 10.3. The van der Waals surface area contributed by atoms with Gasteiger partial charge in [0.1, 0.15) is 5.69 Å². The lowest BCUT2D eigenvalue weighted by Gasteiger charge is -2.08. The van der Waals surface area contributed by atoms with E-state index in [-0.39, 0.29) is 17.5 Å². The predicted octanol–water partition coefficient (Wildman–Crippen LogP) is 2.90. The van der Waals surface area contributed by atoms with E-state index < -0.39 is 0 Å². The van der Waals surface area contributed by atoms with Crippen LogP contribution >= 0.6 is 23.2 Å². The normalized spacial score (nSPS) is 10.3. The van der Waals surface area contributed by atoms with Gasteiger partial charge in [-0.1, -0.05) is 23.2 Å². The minimum absolute atomic E-state index is 0.249. The molecule has 0 radical (unpaired) electrons. The van der Waals surface area contributed by atoms with Gasteiger partial charge in [0.15, 0.2) is 0 Å². The van der Waals surface area contributed by atoms with Crippen molar-refractivity contribution in [2.75, 3.05) is 25.6 Å². The van der Waals surface area contributed by atoms with E-state index in [9.17, 15) is 4.79 Å². The monoisotopic (exact) mass is 340 g/mol. The Morgan fingerprint density at radius 2 is 2.14 bits per heavy atom. The third-order valence-electron chi connectivity index (χ3n) is 2.66. The number of aromatic nitrogens is 2. The van der Waals surface area contributed by atoms with Gasteiger partial charge in [-0.3, -0.25) is 4.79 Å². The number of ether oxygens (including phenoxy) is 1. The quantitative estimate of drug-likeness (QED) is 0.790. The number of amides is 1. The first-order valence-corrected chi connectivity index (χ1v) is 7.18. The van der Waals surface area contributed by atoms with Crippen molar-refractivity contribution < 1.29 is 9.53 Å². The van der Waals surface area contributed by atoms with Crippen molar-refractivity contribution in [2.45, 2.75) is 0 Å². The fourth-order valence-corrected chi connectivity index (χ4v) is 2.07. The first-order valence-electron chi connectivity index (χ1n) is 6.42. The standard InChI is InChI=1S/C14H14Cl2N4O2/c1-22-7-6-17-13(21)12-4-5-18-14(20-12)19-11-3-2-9(15)8-10(11)16/h2-5,8H,6-7H2,1H3,(H,17,21)(H,18,19,20). The first-order chi connectivity index (χ1) is 10.6. The molecule has 1 amide bonds. The van der Waals surface area contributed by atoms with E-state index in [1.165, 1.54) is 12.3 Å². The van der Waals surface area contributed by atoms with Gasteiger partial charge in [-0.05, 0) is 24.3 Å². The van der Waals surface area contributed by atoms with E-state index in [0.717, 1.165) is 0 Å². The summed E-state index contributed by atoms with van der Waals surface area (Å²) in [6, 6.07) is 6.53. The molecule has 0 aliphatic carbocycles. The number of benzene rings is 1. The molecule has 0 atom stereocenters. The number of carbonyl (C=O) groups excluding carboxylic acids is 1. The van der Waals surface area contributed by atoms with E-state index in [1.807, 2.05) is 0 Å². The number of anilines is 2. The molecule has 0 bridgehead atoms. The van der Waals surface area contributed by atoms with Crippen LogP contribution in [0.15, 0.2) is 30.5 Å². The molecular weight excluding hydrogens is 327 g/mol. The van der Waals surface area contributed by atoms with Crippen LogP contribution < -0.4 is 10.6 Å². The van der Waals surface area contributed by atoms with Gasteiger partial charge in [-0.2, -0.15) is 0 Å². The summed E-state index contributed by atoms with van der Waals surface area (Å²) in [7, 11) is 1.56. The zero-order valence-electron chi connectivity index (χ0n) is 11.8. The molecule has 8 heteroatoms. The SMILES string of the molecule is COCCNC(=O)c1ccnc(Nc2ccc(Cl)cc2Cl)n1. The van der Waals surface area contributed by atoms with Gasteiger partial charge in [0.05, 0.1) is 17.3 Å². The highest BCUT2D eigenvalue weighted by Crippen LogP contribution is 2.27. The summed E-state index contributed by atoms with van der Waals surface area (Å²) in [5, 5.41) is 6.60. The fraction of sp³-hybridized carbons (Fsp3) is 0.214. The molecule has 0 spiro atoms. The zero-order valence-corrected chi connectivity index (χ0v) is 13.3. The lowest BCUT2D eigenvalue weighted by molar-refractivity contribution is 0.0932. The highest BCUT2D eigenvalue weighted by molar-refractivity contribution is 6.36. The van der Waals surface area contributed by atoms with Crippen LogP contribution in [0.2, 0.25) is 10.0 Å². The van der Waals surface area contributed by atoms with Crippen LogP contribution in [0.4, 0.5) is 11.6 Å². The third-order valence-corrected chi connectivity index (χ3v) is 3.21. The van der Waals surface area contributed by atoms with Crippen LogP contribution in [-0.2, 0) is 4.74 Å². The van der Waals surface area contributed by atoms with Gasteiger partial charge < -0.3 is 15.4 Å². The minimum Gasteiger partial charge on any atom is -0.383 e. The van der Waals surface area contributed by atoms with E-state index in [2.05, 4.69) is 20.6 Å². The summed E-state index contributed by atoms with van der Waals surface area (Å²) in [6.45, 7) is 0.841. The molecule has 0 fully saturated rings. The molecule has 1 aromatic heterocycles. The van der Waals surface area contributed by atoms with Gasteiger partial charge in [0, 0.05) is 24.9 Å². The molecule has 0 unspecified atom stereocenters. The van der Waals surface area contributed by atoms with Gasteiger partial charge in [-0.25, -0.2) is 9.97 Å². The van der Waals surface area contributed by atoms with E-state index in [4.69, 9.17) is 27.9 Å². The average molecular weight is 341 g/mol. The third kappa shape index (κ3) is 4.56. The van der Waals surface area contributed by atoms with Crippen molar-refractivity contribution in [2.24, 2.45) is 0 Å². The van der Waals surface area contributed by atoms with Gasteiger partial charge in [-0.15, -0.1) is 0 Å². The van der Waals surface area contributed by atoms with Crippen molar-refractivity contribution in [3.05, 3.63) is 46.2 Å². The van der Waals surface area contributed by atoms with Crippen molar-refractivity contribution in [3.8, 4) is 0 Å². The molecule has 0 aliphatic rings.